The number of rotatable bonds is 6. The fourth-order valence-electron chi connectivity index (χ4n) is 2.53. The van der Waals surface area contributed by atoms with Crippen molar-refractivity contribution in [1.82, 2.24) is 0 Å². The second-order valence-electron chi connectivity index (χ2n) is 5.57. The Hall–Kier alpha value is -1.43. The van der Waals surface area contributed by atoms with E-state index in [0.29, 0.717) is 22.2 Å². The van der Waals surface area contributed by atoms with Crippen molar-refractivity contribution < 1.29 is 9.53 Å². The zero-order valence-corrected chi connectivity index (χ0v) is 12.9. The summed E-state index contributed by atoms with van der Waals surface area (Å²) >= 11 is 1.28. The molecule has 2 rings (SSSR count). The van der Waals surface area contributed by atoms with Gasteiger partial charge in [-0.1, -0.05) is 12.8 Å². The number of carbonyl (C=O) groups is 1. The maximum Gasteiger partial charge on any atom is 0.261 e. The quantitative estimate of drug-likeness (QED) is 0.753. The smallest absolute Gasteiger partial charge is 0.261 e. The Kier molecular flexibility index (Phi) is 4.75. The summed E-state index contributed by atoms with van der Waals surface area (Å²) in [4.78, 5) is 11.8. The lowest BCUT2D eigenvalue weighted by Crippen LogP contribution is -2.13. The standard InChI is InChI=1S/C14H23N3O2S/c1-8(2)19-11-10(15)12(13(16)18)20-14(11)17-7-9-5-3-4-6-9/h8-9,17H,3-7,15H2,1-2H3,(H2,16,18). The van der Waals surface area contributed by atoms with Gasteiger partial charge in [0.2, 0.25) is 0 Å². The molecule has 0 atom stereocenters. The fraction of sp³-hybridized carbons (Fsp3) is 0.643. The lowest BCUT2D eigenvalue weighted by Gasteiger charge is -2.14. The minimum absolute atomic E-state index is 0.000318. The summed E-state index contributed by atoms with van der Waals surface area (Å²) in [6.45, 7) is 4.76. The van der Waals surface area contributed by atoms with Gasteiger partial charge in [0.1, 0.15) is 15.6 Å². The predicted molar refractivity (Wildman–Crippen MR) is 83.5 cm³/mol. The summed E-state index contributed by atoms with van der Waals surface area (Å²) in [6, 6.07) is 0. The molecule has 6 heteroatoms. The third-order valence-corrected chi connectivity index (χ3v) is 4.66. The van der Waals surface area contributed by atoms with Crippen molar-refractivity contribution >= 4 is 27.9 Å². The summed E-state index contributed by atoms with van der Waals surface area (Å²) in [7, 11) is 0. The maximum absolute atomic E-state index is 11.4. The lowest BCUT2D eigenvalue weighted by molar-refractivity contribution is 0.100. The Morgan fingerprint density at radius 2 is 2.10 bits per heavy atom. The molecule has 5 nitrogen and oxygen atoms in total. The second-order valence-corrected chi connectivity index (χ2v) is 6.59. The highest BCUT2D eigenvalue weighted by Crippen LogP contribution is 2.43. The van der Waals surface area contributed by atoms with Crippen LogP contribution in [0.3, 0.4) is 0 Å². The Morgan fingerprint density at radius 3 is 2.65 bits per heavy atom. The van der Waals surface area contributed by atoms with Gasteiger partial charge in [0, 0.05) is 6.54 Å². The van der Waals surface area contributed by atoms with Crippen LogP contribution >= 0.6 is 11.3 Å². The van der Waals surface area contributed by atoms with Crippen molar-refractivity contribution in [3.05, 3.63) is 4.88 Å². The molecule has 0 saturated heterocycles. The van der Waals surface area contributed by atoms with Gasteiger partial charge >= 0.3 is 0 Å². The van der Waals surface area contributed by atoms with Crippen LogP contribution in [0.25, 0.3) is 0 Å². The van der Waals surface area contributed by atoms with E-state index >= 15 is 0 Å². The third kappa shape index (κ3) is 3.36. The first-order valence-electron chi connectivity index (χ1n) is 7.11. The van der Waals surface area contributed by atoms with Crippen LogP contribution in [0.5, 0.6) is 5.75 Å². The number of carbonyl (C=O) groups excluding carboxylic acids is 1. The van der Waals surface area contributed by atoms with Crippen molar-refractivity contribution in [3.8, 4) is 5.75 Å². The van der Waals surface area contributed by atoms with Crippen LogP contribution in [0.1, 0.15) is 49.2 Å². The molecular weight excluding hydrogens is 274 g/mol. The van der Waals surface area contributed by atoms with Gasteiger partial charge in [-0.25, -0.2) is 0 Å². The molecule has 20 heavy (non-hydrogen) atoms. The summed E-state index contributed by atoms with van der Waals surface area (Å²) in [5, 5.41) is 4.20. The van der Waals surface area contributed by atoms with E-state index in [9.17, 15) is 4.79 Å². The van der Waals surface area contributed by atoms with Gasteiger partial charge in [0.05, 0.1) is 6.10 Å². The highest BCUT2D eigenvalue weighted by atomic mass is 32.1. The van der Waals surface area contributed by atoms with Gasteiger partial charge in [-0.3, -0.25) is 4.79 Å². The molecule has 1 amide bonds. The average molecular weight is 297 g/mol. The zero-order valence-electron chi connectivity index (χ0n) is 12.1. The fourth-order valence-corrected chi connectivity index (χ4v) is 3.45. The average Bonchev–Trinajstić information content (AvgIpc) is 2.97. The van der Waals surface area contributed by atoms with Gasteiger partial charge in [0.25, 0.3) is 5.91 Å². The van der Waals surface area contributed by atoms with Crippen LogP contribution in [0.4, 0.5) is 10.7 Å². The number of ether oxygens (including phenoxy) is 1. The molecule has 1 aliphatic carbocycles. The third-order valence-electron chi connectivity index (χ3n) is 3.50. The van der Waals surface area contributed by atoms with Crippen LogP contribution in [0, 0.1) is 5.92 Å². The Balaban J connectivity index is 2.15. The largest absolute Gasteiger partial charge is 0.486 e. The predicted octanol–water partition coefficient (Wildman–Crippen LogP) is 2.82. The van der Waals surface area contributed by atoms with E-state index in [0.717, 1.165) is 11.5 Å². The molecule has 0 spiro atoms. The zero-order chi connectivity index (χ0) is 14.7. The molecule has 1 aromatic rings. The van der Waals surface area contributed by atoms with Crippen LogP contribution in [-0.2, 0) is 0 Å². The summed E-state index contributed by atoms with van der Waals surface area (Å²) in [6.07, 6.45) is 5.13. The number of amides is 1. The highest BCUT2D eigenvalue weighted by Gasteiger charge is 2.23. The number of anilines is 2. The van der Waals surface area contributed by atoms with Gasteiger partial charge in [-0.15, -0.1) is 11.3 Å². The maximum atomic E-state index is 11.4. The molecule has 0 unspecified atom stereocenters. The topological polar surface area (TPSA) is 90.4 Å². The summed E-state index contributed by atoms with van der Waals surface area (Å²) in [5.74, 6) is 0.758. The minimum atomic E-state index is -0.505. The van der Waals surface area contributed by atoms with E-state index < -0.39 is 5.91 Å². The minimum Gasteiger partial charge on any atom is -0.486 e. The Labute approximate surface area is 123 Å². The second kappa shape index (κ2) is 6.35. The molecule has 0 aliphatic heterocycles. The van der Waals surface area contributed by atoms with Crippen LogP contribution in [0.15, 0.2) is 0 Å². The van der Waals surface area contributed by atoms with Gasteiger partial charge in [-0.05, 0) is 32.6 Å². The monoisotopic (exact) mass is 297 g/mol. The summed E-state index contributed by atoms with van der Waals surface area (Å²) in [5.41, 5.74) is 11.7. The van der Waals surface area contributed by atoms with E-state index in [4.69, 9.17) is 16.2 Å². The number of nitrogens with one attached hydrogen (secondary N) is 1. The molecule has 5 N–H and O–H groups in total. The SMILES string of the molecule is CC(C)Oc1c(NCC2CCCC2)sc(C(N)=O)c1N. The molecule has 1 aliphatic rings. The van der Waals surface area contributed by atoms with Crippen molar-refractivity contribution in [1.29, 1.82) is 0 Å². The number of nitrogens with two attached hydrogens (primary N) is 2. The van der Waals surface area contributed by atoms with E-state index in [2.05, 4.69) is 5.32 Å². The number of primary amides is 1. The van der Waals surface area contributed by atoms with E-state index in [1.165, 1.54) is 37.0 Å². The number of hydrogen-bond acceptors (Lipinski definition) is 5. The molecule has 0 radical (unpaired) electrons. The van der Waals surface area contributed by atoms with Crippen molar-refractivity contribution in [2.75, 3.05) is 17.6 Å². The number of hydrogen-bond donors (Lipinski definition) is 3. The van der Waals surface area contributed by atoms with E-state index in [1.807, 2.05) is 13.8 Å². The first-order valence-corrected chi connectivity index (χ1v) is 7.93. The van der Waals surface area contributed by atoms with Crippen LogP contribution < -0.4 is 21.5 Å². The lowest BCUT2D eigenvalue weighted by atomic mass is 10.1. The first-order chi connectivity index (χ1) is 9.49. The molecule has 1 aromatic heterocycles. The van der Waals surface area contributed by atoms with Crippen LogP contribution in [-0.4, -0.2) is 18.6 Å². The van der Waals surface area contributed by atoms with Crippen molar-refractivity contribution in [3.63, 3.8) is 0 Å². The molecule has 0 aromatic carbocycles. The van der Waals surface area contributed by atoms with E-state index in [1.54, 1.807) is 0 Å². The molecule has 1 saturated carbocycles. The van der Waals surface area contributed by atoms with Gasteiger partial charge < -0.3 is 21.5 Å². The van der Waals surface area contributed by atoms with E-state index in [-0.39, 0.29) is 6.10 Å². The molecule has 1 fully saturated rings. The van der Waals surface area contributed by atoms with Crippen molar-refractivity contribution in [2.24, 2.45) is 11.7 Å². The number of thiophene rings is 1. The molecule has 112 valence electrons. The van der Waals surface area contributed by atoms with Crippen molar-refractivity contribution in [2.45, 2.75) is 45.6 Å². The highest BCUT2D eigenvalue weighted by molar-refractivity contribution is 7.19. The number of nitrogen functional groups attached to an aromatic ring is 1. The van der Waals surface area contributed by atoms with Gasteiger partial charge in [0.15, 0.2) is 5.75 Å². The molecule has 0 bridgehead atoms. The van der Waals surface area contributed by atoms with Gasteiger partial charge in [-0.2, -0.15) is 0 Å². The Bertz CT molecular complexity index is 479. The summed E-state index contributed by atoms with van der Waals surface area (Å²) < 4.78 is 5.74. The molecular formula is C14H23N3O2S. The normalized spacial score (nSPS) is 15.8. The Morgan fingerprint density at radius 1 is 1.45 bits per heavy atom. The van der Waals surface area contributed by atoms with Crippen LogP contribution in [0.2, 0.25) is 0 Å². The molecule has 1 heterocycles. The first kappa shape index (κ1) is 15.0.